The van der Waals surface area contributed by atoms with E-state index >= 15 is 0 Å². The largest absolute Gasteiger partial charge is 0.493 e. The van der Waals surface area contributed by atoms with Gasteiger partial charge in [-0.05, 0) is 32.0 Å². The Morgan fingerprint density at radius 2 is 1.79 bits per heavy atom. The number of piperazine rings is 1. The van der Waals surface area contributed by atoms with Crippen LogP contribution in [0.25, 0.3) is 0 Å². The fraction of sp³-hybridized carbons (Fsp3) is 0.450. The molecule has 1 aromatic carbocycles. The summed E-state index contributed by atoms with van der Waals surface area (Å²) in [5.74, 6) is 2.69. The zero-order chi connectivity index (χ0) is 20.1. The minimum Gasteiger partial charge on any atom is -0.493 e. The Bertz CT molecular complexity index is 835. The van der Waals surface area contributed by atoms with E-state index in [-0.39, 0.29) is 5.91 Å². The average molecular weight is 385 g/mol. The van der Waals surface area contributed by atoms with E-state index in [4.69, 9.17) is 9.47 Å². The predicted molar refractivity (Wildman–Crippen MR) is 109 cm³/mol. The van der Waals surface area contributed by atoms with Crippen molar-refractivity contribution in [3.05, 3.63) is 35.5 Å². The van der Waals surface area contributed by atoms with Gasteiger partial charge in [-0.1, -0.05) is 0 Å². The summed E-state index contributed by atoms with van der Waals surface area (Å²) in [6, 6.07) is 7.23. The Hall–Kier alpha value is -3.03. The second-order valence-electron chi connectivity index (χ2n) is 6.57. The van der Waals surface area contributed by atoms with Crippen molar-refractivity contribution in [1.82, 2.24) is 14.9 Å². The first-order chi connectivity index (χ1) is 13.5. The summed E-state index contributed by atoms with van der Waals surface area (Å²) in [5, 5.41) is 3.16. The zero-order valence-corrected chi connectivity index (χ0v) is 16.9. The maximum Gasteiger partial charge on any atom is 0.254 e. The maximum atomic E-state index is 12.9. The molecule has 2 aromatic rings. The molecule has 0 aliphatic carbocycles. The molecule has 1 fully saturated rings. The molecule has 0 radical (unpaired) electrons. The van der Waals surface area contributed by atoms with E-state index in [0.717, 1.165) is 31.1 Å². The van der Waals surface area contributed by atoms with Gasteiger partial charge in [-0.15, -0.1) is 0 Å². The van der Waals surface area contributed by atoms with Crippen molar-refractivity contribution in [3.63, 3.8) is 0 Å². The SMILES string of the molecule is CCNc1nc(C)cc(N2CCN(C(=O)c3ccc(OC)c(OC)c3)CC2)n1. The lowest BCUT2D eigenvalue weighted by Gasteiger charge is -2.35. The van der Waals surface area contributed by atoms with Crippen molar-refractivity contribution in [3.8, 4) is 11.5 Å². The third kappa shape index (κ3) is 4.27. The normalized spacial score (nSPS) is 14.0. The molecule has 1 saturated heterocycles. The molecule has 3 rings (SSSR count). The lowest BCUT2D eigenvalue weighted by molar-refractivity contribution is 0.0746. The van der Waals surface area contributed by atoms with E-state index in [1.54, 1.807) is 32.4 Å². The number of aryl methyl sites for hydroxylation is 1. The summed E-state index contributed by atoms with van der Waals surface area (Å²) in [6.45, 7) is 7.46. The van der Waals surface area contributed by atoms with E-state index in [1.807, 2.05) is 24.8 Å². The van der Waals surface area contributed by atoms with Gasteiger partial charge in [0.1, 0.15) is 5.82 Å². The highest BCUT2D eigenvalue weighted by Gasteiger charge is 2.24. The molecule has 1 aromatic heterocycles. The molecule has 0 spiro atoms. The highest BCUT2D eigenvalue weighted by molar-refractivity contribution is 5.95. The van der Waals surface area contributed by atoms with Crippen molar-refractivity contribution in [2.75, 3.05) is 57.2 Å². The van der Waals surface area contributed by atoms with Crippen LogP contribution < -0.4 is 19.7 Å². The smallest absolute Gasteiger partial charge is 0.254 e. The van der Waals surface area contributed by atoms with Crippen LogP contribution in [-0.2, 0) is 0 Å². The minimum absolute atomic E-state index is 0.00666. The van der Waals surface area contributed by atoms with E-state index in [1.165, 1.54) is 0 Å². The van der Waals surface area contributed by atoms with Crippen LogP contribution in [0.3, 0.4) is 0 Å². The van der Waals surface area contributed by atoms with Crippen molar-refractivity contribution in [2.45, 2.75) is 13.8 Å². The molecule has 28 heavy (non-hydrogen) atoms. The highest BCUT2D eigenvalue weighted by atomic mass is 16.5. The molecule has 2 heterocycles. The van der Waals surface area contributed by atoms with Crippen molar-refractivity contribution in [2.24, 2.45) is 0 Å². The van der Waals surface area contributed by atoms with Gasteiger partial charge in [-0.3, -0.25) is 4.79 Å². The fourth-order valence-corrected chi connectivity index (χ4v) is 3.24. The third-order valence-corrected chi connectivity index (χ3v) is 4.70. The van der Waals surface area contributed by atoms with Gasteiger partial charge in [-0.25, -0.2) is 4.98 Å². The highest BCUT2D eigenvalue weighted by Crippen LogP contribution is 2.28. The topological polar surface area (TPSA) is 79.8 Å². The molecule has 8 nitrogen and oxygen atoms in total. The Kier molecular flexibility index (Phi) is 6.18. The number of hydrogen-bond acceptors (Lipinski definition) is 7. The van der Waals surface area contributed by atoms with Crippen molar-refractivity contribution < 1.29 is 14.3 Å². The molecular formula is C20H27N5O3. The molecular weight excluding hydrogens is 358 g/mol. The molecule has 0 atom stereocenters. The van der Waals surface area contributed by atoms with Gasteiger partial charge in [0.15, 0.2) is 11.5 Å². The van der Waals surface area contributed by atoms with Gasteiger partial charge in [0.05, 0.1) is 14.2 Å². The lowest BCUT2D eigenvalue weighted by atomic mass is 10.1. The number of benzene rings is 1. The first kappa shape index (κ1) is 19.7. The monoisotopic (exact) mass is 385 g/mol. The molecule has 1 aliphatic rings. The van der Waals surface area contributed by atoms with Crippen LogP contribution in [-0.4, -0.2) is 67.7 Å². The summed E-state index contributed by atoms with van der Waals surface area (Å²) in [7, 11) is 3.14. The Morgan fingerprint density at radius 3 is 2.43 bits per heavy atom. The van der Waals surface area contributed by atoms with Gasteiger partial charge in [-0.2, -0.15) is 4.98 Å². The summed E-state index contributed by atoms with van der Waals surface area (Å²) in [4.78, 5) is 25.9. The van der Waals surface area contributed by atoms with Crippen LogP contribution in [0.4, 0.5) is 11.8 Å². The van der Waals surface area contributed by atoms with Gasteiger partial charge in [0.2, 0.25) is 5.95 Å². The van der Waals surface area contributed by atoms with Crippen LogP contribution in [0.5, 0.6) is 11.5 Å². The molecule has 0 bridgehead atoms. The Labute approximate surface area is 165 Å². The number of ether oxygens (including phenoxy) is 2. The number of anilines is 2. The van der Waals surface area contributed by atoms with Crippen LogP contribution >= 0.6 is 0 Å². The molecule has 0 unspecified atom stereocenters. The van der Waals surface area contributed by atoms with Gasteiger partial charge in [0.25, 0.3) is 5.91 Å². The number of carbonyl (C=O) groups excluding carboxylic acids is 1. The average Bonchev–Trinajstić information content (AvgIpc) is 2.72. The van der Waals surface area contributed by atoms with E-state index < -0.39 is 0 Å². The number of hydrogen-bond donors (Lipinski definition) is 1. The van der Waals surface area contributed by atoms with Gasteiger partial charge in [0, 0.05) is 50.0 Å². The van der Waals surface area contributed by atoms with Crippen molar-refractivity contribution >= 4 is 17.7 Å². The number of nitrogens with zero attached hydrogens (tertiary/aromatic N) is 4. The second-order valence-corrected chi connectivity index (χ2v) is 6.57. The van der Waals surface area contributed by atoms with Crippen LogP contribution in [0.15, 0.2) is 24.3 Å². The molecule has 8 heteroatoms. The number of amides is 1. The first-order valence-corrected chi connectivity index (χ1v) is 9.41. The van der Waals surface area contributed by atoms with Gasteiger partial charge < -0.3 is 24.6 Å². The quantitative estimate of drug-likeness (QED) is 0.816. The van der Waals surface area contributed by atoms with E-state index in [2.05, 4.69) is 20.2 Å². The molecule has 150 valence electrons. The lowest BCUT2D eigenvalue weighted by Crippen LogP contribution is -2.49. The number of rotatable bonds is 6. The predicted octanol–water partition coefficient (Wildman–Crippen LogP) is 2.20. The summed E-state index contributed by atoms with van der Waals surface area (Å²) in [6.07, 6.45) is 0. The van der Waals surface area contributed by atoms with Crippen LogP contribution in [0.2, 0.25) is 0 Å². The van der Waals surface area contributed by atoms with Crippen molar-refractivity contribution in [1.29, 1.82) is 0 Å². The summed E-state index contributed by atoms with van der Waals surface area (Å²) < 4.78 is 10.5. The van der Waals surface area contributed by atoms with Gasteiger partial charge >= 0.3 is 0 Å². The Morgan fingerprint density at radius 1 is 1.07 bits per heavy atom. The van der Waals surface area contributed by atoms with Crippen LogP contribution in [0.1, 0.15) is 23.0 Å². The summed E-state index contributed by atoms with van der Waals surface area (Å²) >= 11 is 0. The zero-order valence-electron chi connectivity index (χ0n) is 16.9. The molecule has 1 aliphatic heterocycles. The molecule has 1 amide bonds. The number of aromatic nitrogens is 2. The van der Waals surface area contributed by atoms with E-state index in [9.17, 15) is 4.79 Å². The number of methoxy groups -OCH3 is 2. The maximum absolute atomic E-state index is 12.9. The first-order valence-electron chi connectivity index (χ1n) is 9.41. The number of carbonyl (C=O) groups is 1. The van der Waals surface area contributed by atoms with Crippen LogP contribution in [0, 0.1) is 6.92 Å². The number of nitrogens with one attached hydrogen (secondary N) is 1. The van der Waals surface area contributed by atoms with E-state index in [0.29, 0.717) is 36.1 Å². The third-order valence-electron chi connectivity index (χ3n) is 4.70. The molecule has 0 saturated carbocycles. The minimum atomic E-state index is -0.00666. The molecule has 1 N–H and O–H groups in total. The second kappa shape index (κ2) is 8.77. The fourth-order valence-electron chi connectivity index (χ4n) is 3.24. The Balaban J connectivity index is 1.68. The summed E-state index contributed by atoms with van der Waals surface area (Å²) in [5.41, 5.74) is 1.52. The standard InChI is InChI=1S/C20H27N5O3/c1-5-21-20-22-14(2)12-18(23-20)24-8-10-25(11-9-24)19(26)15-6-7-16(27-3)17(13-15)28-4/h6-7,12-13H,5,8-11H2,1-4H3,(H,21,22,23).